The van der Waals surface area contributed by atoms with E-state index in [2.05, 4.69) is 4.99 Å². The number of benzene rings is 2. The summed E-state index contributed by atoms with van der Waals surface area (Å²) in [7, 11) is 3.11. The quantitative estimate of drug-likeness (QED) is 0.746. The summed E-state index contributed by atoms with van der Waals surface area (Å²) in [6.45, 7) is 0. The molecule has 5 heteroatoms. The maximum atomic E-state index is 14.1. The van der Waals surface area contributed by atoms with Gasteiger partial charge in [0.2, 0.25) is 0 Å². The smallest absolute Gasteiger partial charge is 0.264 e. The lowest BCUT2D eigenvalue weighted by Crippen LogP contribution is -2.26. The maximum absolute atomic E-state index is 14.1. The first-order chi connectivity index (χ1) is 12.0. The van der Waals surface area contributed by atoms with Crippen LogP contribution >= 0.6 is 0 Å². The van der Waals surface area contributed by atoms with E-state index in [1.165, 1.54) is 16.7 Å². The van der Waals surface area contributed by atoms with Gasteiger partial charge < -0.3 is 9.67 Å². The van der Waals surface area contributed by atoms with E-state index in [0.717, 1.165) is 5.56 Å². The third-order valence-electron chi connectivity index (χ3n) is 4.07. The Labute approximate surface area is 144 Å². The second-order valence-electron chi connectivity index (χ2n) is 5.57. The first-order valence-corrected chi connectivity index (χ1v) is 7.75. The molecule has 4 nitrogen and oxygen atoms in total. The molecule has 0 atom stereocenters. The molecule has 0 saturated carbocycles. The van der Waals surface area contributed by atoms with E-state index in [9.17, 15) is 14.3 Å². The Morgan fingerprint density at radius 3 is 2.36 bits per heavy atom. The number of aliphatic imine (C=N–C) groups is 1. The van der Waals surface area contributed by atoms with Crippen LogP contribution in [0.15, 0.2) is 70.5 Å². The van der Waals surface area contributed by atoms with Crippen molar-refractivity contribution in [2.75, 3.05) is 7.05 Å². The molecule has 1 N–H and O–H groups in total. The zero-order valence-corrected chi connectivity index (χ0v) is 13.9. The monoisotopic (exact) mass is 336 g/mol. The van der Waals surface area contributed by atoms with Gasteiger partial charge >= 0.3 is 0 Å². The SMILES string of the molecule is CN=C(c1ccccc1)c1c(O)cc(-c2ccccc2F)n(C)c1=O. The zero-order chi connectivity index (χ0) is 18.0. The van der Waals surface area contributed by atoms with Gasteiger partial charge in [0, 0.05) is 31.3 Å². The highest BCUT2D eigenvalue weighted by Crippen LogP contribution is 2.27. The third kappa shape index (κ3) is 2.96. The number of nitrogens with zero attached hydrogens (tertiary/aromatic N) is 2. The van der Waals surface area contributed by atoms with Gasteiger partial charge in [0.05, 0.1) is 11.4 Å². The summed E-state index contributed by atoms with van der Waals surface area (Å²) in [6, 6.07) is 16.7. The first-order valence-electron chi connectivity index (χ1n) is 7.75. The van der Waals surface area contributed by atoms with Gasteiger partial charge in [-0.2, -0.15) is 0 Å². The van der Waals surface area contributed by atoms with Crippen molar-refractivity contribution in [3.05, 3.63) is 88.0 Å². The number of rotatable bonds is 3. The van der Waals surface area contributed by atoms with Crippen molar-refractivity contribution in [1.82, 2.24) is 4.57 Å². The number of aromatic hydroxyl groups is 1. The molecule has 126 valence electrons. The van der Waals surface area contributed by atoms with Crippen LogP contribution in [0.2, 0.25) is 0 Å². The molecule has 25 heavy (non-hydrogen) atoms. The highest BCUT2D eigenvalue weighted by atomic mass is 19.1. The summed E-state index contributed by atoms with van der Waals surface area (Å²) in [5.74, 6) is -0.692. The highest BCUT2D eigenvalue weighted by molar-refractivity contribution is 6.14. The molecule has 0 aliphatic carbocycles. The minimum atomic E-state index is -0.461. The van der Waals surface area contributed by atoms with Crippen molar-refractivity contribution >= 4 is 5.71 Å². The number of halogens is 1. The van der Waals surface area contributed by atoms with Crippen LogP contribution in [-0.2, 0) is 7.05 Å². The van der Waals surface area contributed by atoms with Crippen LogP contribution in [0.1, 0.15) is 11.1 Å². The molecule has 0 radical (unpaired) electrons. The Kier molecular flexibility index (Phi) is 4.48. The van der Waals surface area contributed by atoms with Gasteiger partial charge in [0.15, 0.2) is 0 Å². The predicted octanol–water partition coefficient (Wildman–Crippen LogP) is 3.36. The van der Waals surface area contributed by atoms with Crippen LogP contribution in [0.5, 0.6) is 5.75 Å². The van der Waals surface area contributed by atoms with E-state index < -0.39 is 11.4 Å². The molecule has 0 fully saturated rings. The van der Waals surface area contributed by atoms with Crippen LogP contribution in [-0.4, -0.2) is 22.4 Å². The average Bonchev–Trinajstić information content (AvgIpc) is 2.63. The minimum absolute atomic E-state index is 0.0938. The molecular formula is C20H17FN2O2. The fraction of sp³-hybridized carbons (Fsp3) is 0.100. The van der Waals surface area contributed by atoms with E-state index >= 15 is 0 Å². The molecule has 0 bridgehead atoms. The zero-order valence-electron chi connectivity index (χ0n) is 13.9. The topological polar surface area (TPSA) is 54.6 Å². The Hall–Kier alpha value is -3.21. The largest absolute Gasteiger partial charge is 0.507 e. The van der Waals surface area contributed by atoms with Crippen LogP contribution in [0.4, 0.5) is 4.39 Å². The van der Waals surface area contributed by atoms with Gasteiger partial charge in [0.25, 0.3) is 5.56 Å². The van der Waals surface area contributed by atoms with Crippen molar-refractivity contribution in [3.8, 4) is 17.0 Å². The normalized spacial score (nSPS) is 11.6. The standard InChI is InChI=1S/C20H17FN2O2/c1-22-19(13-8-4-3-5-9-13)18-17(24)12-16(23(2)20(18)25)14-10-6-7-11-15(14)21/h3-12,24H,1-2H3. The average molecular weight is 336 g/mol. The van der Waals surface area contributed by atoms with E-state index in [4.69, 9.17) is 0 Å². The molecule has 0 unspecified atom stereocenters. The molecule has 0 aliphatic heterocycles. The minimum Gasteiger partial charge on any atom is -0.507 e. The van der Waals surface area contributed by atoms with Crippen LogP contribution in [0.25, 0.3) is 11.3 Å². The lowest BCUT2D eigenvalue weighted by molar-refractivity contribution is 0.471. The second-order valence-corrected chi connectivity index (χ2v) is 5.57. The van der Waals surface area contributed by atoms with E-state index in [-0.39, 0.29) is 16.9 Å². The van der Waals surface area contributed by atoms with Crippen molar-refractivity contribution in [2.45, 2.75) is 0 Å². The van der Waals surface area contributed by atoms with Crippen molar-refractivity contribution in [2.24, 2.45) is 12.0 Å². The van der Waals surface area contributed by atoms with E-state index in [1.807, 2.05) is 30.3 Å². The summed E-state index contributed by atoms with van der Waals surface area (Å²) in [5.41, 5.74) is 1.31. The molecule has 0 amide bonds. The fourth-order valence-electron chi connectivity index (χ4n) is 2.82. The molecule has 3 aromatic rings. The Bertz CT molecular complexity index is 1010. The number of pyridine rings is 1. The molecule has 3 rings (SSSR count). The summed E-state index contributed by atoms with van der Waals surface area (Å²) in [6.07, 6.45) is 0. The molecule has 0 saturated heterocycles. The number of hydrogen-bond donors (Lipinski definition) is 1. The van der Waals surface area contributed by atoms with Crippen molar-refractivity contribution in [3.63, 3.8) is 0 Å². The Balaban J connectivity index is 2.24. The molecule has 0 aliphatic rings. The van der Waals surface area contributed by atoms with Crippen LogP contribution in [0.3, 0.4) is 0 Å². The van der Waals surface area contributed by atoms with E-state index in [1.54, 1.807) is 32.3 Å². The highest BCUT2D eigenvalue weighted by Gasteiger charge is 2.20. The van der Waals surface area contributed by atoms with Gasteiger partial charge in [-0.1, -0.05) is 42.5 Å². The van der Waals surface area contributed by atoms with Gasteiger partial charge in [0.1, 0.15) is 17.1 Å². The summed E-state index contributed by atoms with van der Waals surface area (Å²) >= 11 is 0. The Morgan fingerprint density at radius 1 is 1.08 bits per heavy atom. The maximum Gasteiger partial charge on any atom is 0.264 e. The second kappa shape index (κ2) is 6.73. The van der Waals surface area contributed by atoms with Crippen molar-refractivity contribution < 1.29 is 9.50 Å². The molecule has 0 spiro atoms. The fourth-order valence-corrected chi connectivity index (χ4v) is 2.82. The van der Waals surface area contributed by atoms with Crippen molar-refractivity contribution in [1.29, 1.82) is 0 Å². The van der Waals surface area contributed by atoms with Gasteiger partial charge in [-0.15, -0.1) is 0 Å². The summed E-state index contributed by atoms with van der Waals surface area (Å²) in [4.78, 5) is 17.0. The predicted molar refractivity (Wildman–Crippen MR) is 96.7 cm³/mol. The first kappa shape index (κ1) is 16.6. The van der Waals surface area contributed by atoms with Crippen LogP contribution < -0.4 is 5.56 Å². The lowest BCUT2D eigenvalue weighted by atomic mass is 10.0. The Morgan fingerprint density at radius 2 is 1.72 bits per heavy atom. The summed E-state index contributed by atoms with van der Waals surface area (Å²) < 4.78 is 15.4. The molecular weight excluding hydrogens is 319 g/mol. The summed E-state index contributed by atoms with van der Waals surface area (Å²) in [5, 5.41) is 10.5. The van der Waals surface area contributed by atoms with E-state index in [0.29, 0.717) is 11.4 Å². The number of aromatic nitrogens is 1. The molecule has 1 aromatic heterocycles. The van der Waals surface area contributed by atoms with Gasteiger partial charge in [-0.25, -0.2) is 4.39 Å². The van der Waals surface area contributed by atoms with Crippen LogP contribution in [0, 0.1) is 5.82 Å². The third-order valence-corrected chi connectivity index (χ3v) is 4.07. The van der Waals surface area contributed by atoms with Gasteiger partial charge in [-0.3, -0.25) is 9.79 Å². The molecule has 1 heterocycles. The number of hydrogen-bond acceptors (Lipinski definition) is 3. The lowest BCUT2D eigenvalue weighted by Gasteiger charge is -2.14. The molecule has 2 aromatic carbocycles. The van der Waals surface area contributed by atoms with Gasteiger partial charge in [-0.05, 0) is 12.1 Å².